The Bertz CT molecular complexity index is 371. The zero-order chi connectivity index (χ0) is 12.2. The monoisotopic (exact) mass is 219 g/mol. The summed E-state index contributed by atoms with van der Waals surface area (Å²) in [4.78, 5) is 11.6. The first-order chi connectivity index (χ1) is 7.54. The SMILES string of the molecule is C=C[C@H](c1ccccc1)[C@](C)(N)C(=O)OC. The maximum absolute atomic E-state index is 11.6. The second kappa shape index (κ2) is 4.94. The normalized spacial score (nSPS) is 15.9. The average Bonchev–Trinajstić information content (AvgIpc) is 2.30. The van der Waals surface area contributed by atoms with Crippen LogP contribution in [-0.2, 0) is 9.53 Å². The smallest absolute Gasteiger partial charge is 0.326 e. The lowest BCUT2D eigenvalue weighted by molar-refractivity contribution is -0.146. The molecule has 0 aliphatic heterocycles. The average molecular weight is 219 g/mol. The molecule has 0 radical (unpaired) electrons. The highest BCUT2D eigenvalue weighted by atomic mass is 16.5. The lowest BCUT2D eigenvalue weighted by Crippen LogP contribution is -2.50. The highest BCUT2D eigenvalue weighted by Crippen LogP contribution is 2.28. The van der Waals surface area contributed by atoms with Gasteiger partial charge in [0.05, 0.1) is 7.11 Å². The number of ether oxygens (including phenoxy) is 1. The van der Waals surface area contributed by atoms with Gasteiger partial charge in [-0.2, -0.15) is 0 Å². The van der Waals surface area contributed by atoms with Gasteiger partial charge in [-0.25, -0.2) is 0 Å². The van der Waals surface area contributed by atoms with Crippen molar-refractivity contribution in [3.63, 3.8) is 0 Å². The summed E-state index contributed by atoms with van der Waals surface area (Å²) in [5, 5.41) is 0. The lowest BCUT2D eigenvalue weighted by atomic mass is 9.81. The number of carbonyl (C=O) groups excluding carboxylic acids is 1. The van der Waals surface area contributed by atoms with Gasteiger partial charge in [0.2, 0.25) is 0 Å². The minimum absolute atomic E-state index is 0.263. The maximum atomic E-state index is 11.6. The second-order valence-corrected chi connectivity index (χ2v) is 3.90. The predicted octanol–water partition coefficient (Wildman–Crippen LogP) is 1.85. The lowest BCUT2D eigenvalue weighted by Gasteiger charge is -2.29. The minimum atomic E-state index is -1.10. The van der Waals surface area contributed by atoms with Gasteiger partial charge in [0.1, 0.15) is 5.54 Å². The van der Waals surface area contributed by atoms with E-state index in [1.54, 1.807) is 13.0 Å². The molecule has 16 heavy (non-hydrogen) atoms. The molecule has 1 rings (SSSR count). The molecule has 3 nitrogen and oxygen atoms in total. The first-order valence-corrected chi connectivity index (χ1v) is 5.08. The van der Waals surface area contributed by atoms with Crippen LogP contribution in [0, 0.1) is 0 Å². The second-order valence-electron chi connectivity index (χ2n) is 3.90. The molecule has 2 atom stereocenters. The Labute approximate surface area is 95.9 Å². The van der Waals surface area contributed by atoms with Gasteiger partial charge in [-0.05, 0) is 12.5 Å². The molecular formula is C13H17NO2. The van der Waals surface area contributed by atoms with E-state index in [-0.39, 0.29) is 5.92 Å². The van der Waals surface area contributed by atoms with Gasteiger partial charge < -0.3 is 10.5 Å². The van der Waals surface area contributed by atoms with Crippen LogP contribution in [0.5, 0.6) is 0 Å². The van der Waals surface area contributed by atoms with E-state index in [0.717, 1.165) is 5.56 Å². The number of nitrogens with two attached hydrogens (primary N) is 1. The number of methoxy groups -OCH3 is 1. The quantitative estimate of drug-likeness (QED) is 0.621. The fourth-order valence-corrected chi connectivity index (χ4v) is 1.73. The molecule has 0 heterocycles. The minimum Gasteiger partial charge on any atom is -0.468 e. The summed E-state index contributed by atoms with van der Waals surface area (Å²) in [5.74, 6) is -0.706. The third kappa shape index (κ3) is 2.31. The molecule has 0 spiro atoms. The Kier molecular flexibility index (Phi) is 3.85. The number of hydrogen-bond donors (Lipinski definition) is 1. The fraction of sp³-hybridized carbons (Fsp3) is 0.308. The molecule has 0 bridgehead atoms. The Hall–Kier alpha value is -1.61. The summed E-state index contributed by atoms with van der Waals surface area (Å²) in [6.45, 7) is 5.38. The van der Waals surface area contributed by atoms with Crippen molar-refractivity contribution in [3.05, 3.63) is 48.6 Å². The van der Waals surface area contributed by atoms with Gasteiger partial charge in [0.15, 0.2) is 0 Å². The van der Waals surface area contributed by atoms with Gasteiger partial charge in [-0.1, -0.05) is 36.4 Å². The Balaban J connectivity index is 3.08. The van der Waals surface area contributed by atoms with Crippen molar-refractivity contribution >= 4 is 5.97 Å². The molecule has 0 aromatic heterocycles. The molecule has 0 aliphatic rings. The molecule has 1 aromatic rings. The van der Waals surface area contributed by atoms with Gasteiger partial charge in [-0.15, -0.1) is 6.58 Å². The van der Waals surface area contributed by atoms with Crippen molar-refractivity contribution in [1.82, 2.24) is 0 Å². The van der Waals surface area contributed by atoms with Crippen LogP contribution in [0.1, 0.15) is 18.4 Å². The van der Waals surface area contributed by atoms with Crippen LogP contribution in [0.2, 0.25) is 0 Å². The fourth-order valence-electron chi connectivity index (χ4n) is 1.73. The molecule has 0 saturated carbocycles. The van der Waals surface area contributed by atoms with E-state index in [2.05, 4.69) is 6.58 Å². The summed E-state index contributed by atoms with van der Waals surface area (Å²) in [5.41, 5.74) is 5.86. The van der Waals surface area contributed by atoms with Gasteiger partial charge in [0, 0.05) is 5.92 Å². The van der Waals surface area contributed by atoms with E-state index in [9.17, 15) is 4.79 Å². The van der Waals surface area contributed by atoms with E-state index < -0.39 is 11.5 Å². The summed E-state index contributed by atoms with van der Waals surface area (Å²) in [6.07, 6.45) is 1.67. The Morgan fingerprint density at radius 2 is 2.06 bits per heavy atom. The van der Waals surface area contributed by atoms with Crippen molar-refractivity contribution in [1.29, 1.82) is 0 Å². The Morgan fingerprint density at radius 1 is 1.50 bits per heavy atom. The molecule has 0 fully saturated rings. The number of carbonyl (C=O) groups is 1. The van der Waals surface area contributed by atoms with E-state index in [1.165, 1.54) is 7.11 Å². The Morgan fingerprint density at radius 3 is 2.50 bits per heavy atom. The van der Waals surface area contributed by atoms with E-state index in [4.69, 9.17) is 10.5 Å². The maximum Gasteiger partial charge on any atom is 0.326 e. The summed E-state index contributed by atoms with van der Waals surface area (Å²) in [7, 11) is 1.33. The van der Waals surface area contributed by atoms with Crippen LogP contribution >= 0.6 is 0 Å². The largest absolute Gasteiger partial charge is 0.468 e. The van der Waals surface area contributed by atoms with Gasteiger partial charge in [-0.3, -0.25) is 4.79 Å². The van der Waals surface area contributed by atoms with Crippen molar-refractivity contribution < 1.29 is 9.53 Å². The van der Waals surface area contributed by atoms with Crippen molar-refractivity contribution in [3.8, 4) is 0 Å². The molecule has 86 valence electrons. The third-order valence-corrected chi connectivity index (χ3v) is 2.67. The molecule has 0 saturated heterocycles. The summed E-state index contributed by atoms with van der Waals surface area (Å²) in [6, 6.07) is 9.55. The van der Waals surface area contributed by atoms with Crippen LogP contribution in [0.25, 0.3) is 0 Å². The van der Waals surface area contributed by atoms with Crippen LogP contribution in [0.4, 0.5) is 0 Å². The summed E-state index contributed by atoms with van der Waals surface area (Å²) >= 11 is 0. The molecule has 2 N–H and O–H groups in total. The standard InChI is InChI=1S/C13H17NO2/c1-4-11(10-8-6-5-7-9-10)13(2,14)12(15)16-3/h4-9,11H,1,14H2,2-3H3/t11-,13+/m1/s1. The molecule has 1 aromatic carbocycles. The molecule has 0 aliphatic carbocycles. The highest BCUT2D eigenvalue weighted by Gasteiger charge is 2.37. The molecule has 0 unspecified atom stereocenters. The number of esters is 1. The van der Waals surface area contributed by atoms with E-state index in [1.807, 2.05) is 30.3 Å². The zero-order valence-corrected chi connectivity index (χ0v) is 9.64. The number of benzene rings is 1. The number of rotatable bonds is 4. The first kappa shape index (κ1) is 12.5. The van der Waals surface area contributed by atoms with Crippen LogP contribution < -0.4 is 5.73 Å². The number of hydrogen-bond acceptors (Lipinski definition) is 3. The van der Waals surface area contributed by atoms with E-state index in [0.29, 0.717) is 0 Å². The third-order valence-electron chi connectivity index (χ3n) is 2.67. The first-order valence-electron chi connectivity index (χ1n) is 5.08. The molecule has 0 amide bonds. The molecule has 3 heteroatoms. The van der Waals surface area contributed by atoms with Gasteiger partial charge >= 0.3 is 5.97 Å². The topological polar surface area (TPSA) is 52.3 Å². The molecular weight excluding hydrogens is 202 g/mol. The van der Waals surface area contributed by atoms with E-state index >= 15 is 0 Å². The van der Waals surface area contributed by atoms with Crippen molar-refractivity contribution in [2.45, 2.75) is 18.4 Å². The zero-order valence-electron chi connectivity index (χ0n) is 9.64. The van der Waals surface area contributed by atoms with Crippen molar-refractivity contribution in [2.75, 3.05) is 7.11 Å². The van der Waals surface area contributed by atoms with Crippen molar-refractivity contribution in [2.24, 2.45) is 5.73 Å². The van der Waals surface area contributed by atoms with Gasteiger partial charge in [0.25, 0.3) is 0 Å². The van der Waals surface area contributed by atoms with Crippen LogP contribution in [-0.4, -0.2) is 18.6 Å². The predicted molar refractivity (Wildman–Crippen MR) is 64.0 cm³/mol. The highest BCUT2D eigenvalue weighted by molar-refractivity contribution is 5.82. The van der Waals surface area contributed by atoms with Crippen LogP contribution in [0.3, 0.4) is 0 Å². The van der Waals surface area contributed by atoms with Crippen LogP contribution in [0.15, 0.2) is 43.0 Å². The summed E-state index contributed by atoms with van der Waals surface area (Å²) < 4.78 is 4.71.